The maximum atomic E-state index is 11.8. The first kappa shape index (κ1) is 14.3. The van der Waals surface area contributed by atoms with Crippen LogP contribution in [0.25, 0.3) is 0 Å². The van der Waals surface area contributed by atoms with E-state index in [4.69, 9.17) is 0 Å². The monoisotopic (exact) mass is 284 g/mol. The molecule has 2 N–H and O–H groups in total. The van der Waals surface area contributed by atoms with Gasteiger partial charge in [0.05, 0.1) is 6.10 Å². The molecule has 1 saturated carbocycles. The van der Waals surface area contributed by atoms with Crippen molar-refractivity contribution in [2.24, 2.45) is 5.92 Å². The lowest BCUT2D eigenvalue weighted by atomic mass is 9.87. The standard InChI is InChI=1S/C13H20N2O3S/c1-9-8-19-13(18)15(9)7-12(17)14-6-10-2-4-11(16)5-3-10/h8,10-11,16H,2-7H2,1H3,(H,14,17). The summed E-state index contributed by atoms with van der Waals surface area (Å²) in [4.78, 5) is 23.2. The van der Waals surface area contributed by atoms with E-state index in [1.165, 1.54) is 4.57 Å². The summed E-state index contributed by atoms with van der Waals surface area (Å²) in [6.45, 7) is 2.57. The zero-order valence-corrected chi connectivity index (χ0v) is 11.9. The van der Waals surface area contributed by atoms with E-state index in [-0.39, 0.29) is 23.4 Å². The molecule has 1 aliphatic carbocycles. The van der Waals surface area contributed by atoms with E-state index in [1.54, 1.807) is 5.38 Å². The molecule has 1 amide bonds. The SMILES string of the molecule is Cc1csc(=O)n1CC(=O)NCC1CCC(O)CC1. The largest absolute Gasteiger partial charge is 0.393 e. The van der Waals surface area contributed by atoms with E-state index in [0.717, 1.165) is 42.7 Å². The van der Waals surface area contributed by atoms with E-state index in [2.05, 4.69) is 5.32 Å². The highest BCUT2D eigenvalue weighted by Gasteiger charge is 2.19. The van der Waals surface area contributed by atoms with Crippen LogP contribution in [0, 0.1) is 12.8 Å². The summed E-state index contributed by atoms with van der Waals surface area (Å²) >= 11 is 1.12. The van der Waals surface area contributed by atoms with Crippen molar-refractivity contribution in [1.82, 2.24) is 9.88 Å². The fraction of sp³-hybridized carbons (Fsp3) is 0.692. The van der Waals surface area contributed by atoms with Gasteiger partial charge in [-0.25, -0.2) is 0 Å². The minimum atomic E-state index is -0.168. The quantitative estimate of drug-likeness (QED) is 0.862. The molecule has 0 atom stereocenters. The molecule has 1 aromatic rings. The number of hydrogen-bond donors (Lipinski definition) is 2. The second-order valence-corrected chi connectivity index (χ2v) is 6.03. The van der Waals surface area contributed by atoms with Crippen LogP contribution in [0.15, 0.2) is 10.2 Å². The third-order valence-corrected chi connectivity index (χ3v) is 4.56. The van der Waals surface area contributed by atoms with Crippen LogP contribution >= 0.6 is 11.3 Å². The van der Waals surface area contributed by atoms with Gasteiger partial charge in [-0.3, -0.25) is 14.2 Å². The number of carbonyl (C=O) groups is 1. The topological polar surface area (TPSA) is 71.3 Å². The van der Waals surface area contributed by atoms with E-state index >= 15 is 0 Å². The van der Waals surface area contributed by atoms with Crippen molar-refractivity contribution in [2.75, 3.05) is 6.54 Å². The zero-order valence-electron chi connectivity index (χ0n) is 11.1. The van der Waals surface area contributed by atoms with Crippen molar-refractivity contribution in [3.05, 3.63) is 20.7 Å². The number of nitrogens with one attached hydrogen (secondary N) is 1. The van der Waals surface area contributed by atoms with Gasteiger partial charge in [0.25, 0.3) is 0 Å². The molecule has 1 fully saturated rings. The molecule has 0 aromatic carbocycles. The van der Waals surface area contributed by atoms with Gasteiger partial charge in [-0.1, -0.05) is 11.3 Å². The number of aromatic nitrogens is 1. The van der Waals surface area contributed by atoms with Gasteiger partial charge >= 0.3 is 4.87 Å². The summed E-state index contributed by atoms with van der Waals surface area (Å²) in [6.07, 6.45) is 3.39. The molecule has 6 heteroatoms. The van der Waals surface area contributed by atoms with Gasteiger partial charge in [0.1, 0.15) is 6.54 Å². The molecular weight excluding hydrogens is 264 g/mol. The smallest absolute Gasteiger partial charge is 0.307 e. The van der Waals surface area contributed by atoms with Crippen LogP contribution in [0.1, 0.15) is 31.4 Å². The lowest BCUT2D eigenvalue weighted by Gasteiger charge is -2.25. The molecule has 19 heavy (non-hydrogen) atoms. The molecule has 0 radical (unpaired) electrons. The minimum Gasteiger partial charge on any atom is -0.393 e. The van der Waals surface area contributed by atoms with Crippen LogP contribution < -0.4 is 10.2 Å². The van der Waals surface area contributed by atoms with Gasteiger partial charge < -0.3 is 10.4 Å². The molecule has 1 heterocycles. The Labute approximate surface area is 116 Å². The summed E-state index contributed by atoms with van der Waals surface area (Å²) in [6, 6.07) is 0. The second-order valence-electron chi connectivity index (χ2n) is 5.21. The van der Waals surface area contributed by atoms with E-state index < -0.39 is 0 Å². The molecule has 0 spiro atoms. The number of thiazole rings is 1. The number of carbonyl (C=O) groups excluding carboxylic acids is 1. The summed E-state index contributed by atoms with van der Waals surface area (Å²) < 4.78 is 1.49. The van der Waals surface area contributed by atoms with Crippen LogP contribution in [-0.2, 0) is 11.3 Å². The van der Waals surface area contributed by atoms with Crippen LogP contribution in [0.2, 0.25) is 0 Å². The van der Waals surface area contributed by atoms with Crippen LogP contribution in [0.4, 0.5) is 0 Å². The van der Waals surface area contributed by atoms with E-state index in [1.807, 2.05) is 6.92 Å². The Morgan fingerprint density at radius 2 is 2.16 bits per heavy atom. The molecule has 1 aliphatic rings. The minimum absolute atomic E-state index is 0.0894. The van der Waals surface area contributed by atoms with Crippen molar-refractivity contribution in [3.63, 3.8) is 0 Å². The Bertz CT molecular complexity index is 486. The highest BCUT2D eigenvalue weighted by Crippen LogP contribution is 2.23. The summed E-state index contributed by atoms with van der Waals surface area (Å²) in [5, 5.41) is 14.1. The Balaban J connectivity index is 1.78. The van der Waals surface area contributed by atoms with Gasteiger partial charge in [-0.15, -0.1) is 0 Å². The van der Waals surface area contributed by atoms with E-state index in [0.29, 0.717) is 12.5 Å². The molecule has 0 aliphatic heterocycles. The Kier molecular flexibility index (Phi) is 4.76. The molecular formula is C13H20N2O3S. The number of amides is 1. The highest BCUT2D eigenvalue weighted by atomic mass is 32.1. The van der Waals surface area contributed by atoms with Gasteiger partial charge in [0.2, 0.25) is 5.91 Å². The lowest BCUT2D eigenvalue weighted by Crippen LogP contribution is -2.35. The maximum Gasteiger partial charge on any atom is 0.307 e. The predicted octanol–water partition coefficient (Wildman–Crippen LogP) is 0.886. The molecule has 0 saturated heterocycles. The average Bonchev–Trinajstić information content (AvgIpc) is 2.70. The van der Waals surface area contributed by atoms with E-state index in [9.17, 15) is 14.7 Å². The van der Waals surface area contributed by atoms with Crippen LogP contribution in [-0.4, -0.2) is 28.2 Å². The maximum absolute atomic E-state index is 11.8. The third-order valence-electron chi connectivity index (χ3n) is 3.68. The fourth-order valence-electron chi connectivity index (χ4n) is 2.40. The van der Waals surface area contributed by atoms with Crippen molar-refractivity contribution in [3.8, 4) is 0 Å². The fourth-order valence-corrected chi connectivity index (χ4v) is 3.14. The summed E-state index contributed by atoms with van der Waals surface area (Å²) in [5.41, 5.74) is 0.825. The molecule has 0 unspecified atom stereocenters. The molecule has 0 bridgehead atoms. The molecule has 1 aromatic heterocycles. The first-order chi connectivity index (χ1) is 9.06. The van der Waals surface area contributed by atoms with Crippen molar-refractivity contribution in [1.29, 1.82) is 0 Å². The average molecular weight is 284 g/mol. The number of rotatable bonds is 4. The van der Waals surface area contributed by atoms with Gasteiger partial charge in [-0.2, -0.15) is 0 Å². The first-order valence-corrected chi connectivity index (χ1v) is 7.54. The molecule has 106 valence electrons. The second kappa shape index (κ2) is 6.34. The van der Waals surface area contributed by atoms with Crippen LogP contribution in [0.5, 0.6) is 0 Å². The number of hydrogen-bond acceptors (Lipinski definition) is 4. The predicted molar refractivity (Wildman–Crippen MR) is 74.3 cm³/mol. The van der Waals surface area contributed by atoms with Gasteiger partial charge in [0.15, 0.2) is 0 Å². The van der Waals surface area contributed by atoms with Crippen LogP contribution in [0.3, 0.4) is 0 Å². The number of aryl methyl sites for hydroxylation is 1. The zero-order chi connectivity index (χ0) is 13.8. The number of aliphatic hydroxyl groups excluding tert-OH is 1. The lowest BCUT2D eigenvalue weighted by molar-refractivity contribution is -0.122. The molecule has 2 rings (SSSR count). The third kappa shape index (κ3) is 3.91. The Morgan fingerprint density at radius 1 is 1.47 bits per heavy atom. The van der Waals surface area contributed by atoms with Crippen molar-refractivity contribution >= 4 is 17.2 Å². The van der Waals surface area contributed by atoms with Crippen molar-refractivity contribution in [2.45, 2.75) is 45.3 Å². The normalized spacial score (nSPS) is 23.3. The number of nitrogens with zero attached hydrogens (tertiary/aromatic N) is 1. The Hall–Kier alpha value is -1.14. The summed E-state index contributed by atoms with van der Waals surface area (Å²) in [5.74, 6) is 0.336. The highest BCUT2D eigenvalue weighted by molar-refractivity contribution is 7.07. The van der Waals surface area contributed by atoms with Gasteiger partial charge in [-0.05, 0) is 38.5 Å². The Morgan fingerprint density at radius 3 is 2.74 bits per heavy atom. The summed E-state index contributed by atoms with van der Waals surface area (Å²) in [7, 11) is 0. The van der Waals surface area contributed by atoms with Crippen molar-refractivity contribution < 1.29 is 9.90 Å². The first-order valence-electron chi connectivity index (χ1n) is 6.66. The van der Waals surface area contributed by atoms with Gasteiger partial charge in [0, 0.05) is 17.6 Å². The molecule has 5 nitrogen and oxygen atoms in total. The number of aliphatic hydroxyl groups is 1.